The van der Waals surface area contributed by atoms with Crippen LogP contribution in [0.15, 0.2) is 18.7 Å². The van der Waals surface area contributed by atoms with E-state index >= 15 is 0 Å². The third-order valence-electron chi connectivity index (χ3n) is 3.53. The SMILES string of the molecule is Cc1c(Cn2cncc2CCNC(=O)OC(C)(C)C)cnn1C. The summed E-state index contributed by atoms with van der Waals surface area (Å²) in [7, 11) is 1.93. The van der Waals surface area contributed by atoms with Gasteiger partial charge in [0.1, 0.15) is 5.60 Å². The van der Waals surface area contributed by atoms with Crippen molar-refractivity contribution in [1.29, 1.82) is 0 Å². The predicted octanol–water partition coefficient (Wildman–Crippen LogP) is 2.04. The maximum Gasteiger partial charge on any atom is 0.407 e. The zero-order valence-corrected chi connectivity index (χ0v) is 14.5. The number of nitrogens with one attached hydrogen (secondary N) is 1. The smallest absolute Gasteiger partial charge is 0.407 e. The second-order valence-corrected chi connectivity index (χ2v) is 6.57. The first-order chi connectivity index (χ1) is 10.8. The van der Waals surface area contributed by atoms with E-state index in [9.17, 15) is 4.79 Å². The minimum atomic E-state index is -0.482. The number of ether oxygens (including phenoxy) is 1. The Morgan fingerprint density at radius 1 is 1.35 bits per heavy atom. The van der Waals surface area contributed by atoms with Gasteiger partial charge in [0.2, 0.25) is 0 Å². The zero-order chi connectivity index (χ0) is 17.0. The summed E-state index contributed by atoms with van der Waals surface area (Å²) in [5.41, 5.74) is 2.87. The summed E-state index contributed by atoms with van der Waals surface area (Å²) in [5.74, 6) is 0. The lowest BCUT2D eigenvalue weighted by Gasteiger charge is -2.19. The Kier molecular flexibility index (Phi) is 5.08. The van der Waals surface area contributed by atoms with E-state index in [1.54, 1.807) is 6.33 Å². The van der Waals surface area contributed by atoms with Crippen LogP contribution in [0.25, 0.3) is 0 Å². The van der Waals surface area contributed by atoms with E-state index in [1.807, 2.05) is 51.8 Å². The van der Waals surface area contributed by atoms with Crippen molar-refractivity contribution in [3.8, 4) is 0 Å². The molecule has 0 aromatic carbocycles. The molecule has 2 aromatic rings. The number of alkyl carbamates (subject to hydrolysis) is 1. The third-order valence-corrected chi connectivity index (χ3v) is 3.53. The molecule has 126 valence electrons. The summed E-state index contributed by atoms with van der Waals surface area (Å²) in [6.07, 6.45) is 5.79. The van der Waals surface area contributed by atoms with Gasteiger partial charge >= 0.3 is 6.09 Å². The first-order valence-corrected chi connectivity index (χ1v) is 7.69. The Labute approximate surface area is 136 Å². The minimum absolute atomic E-state index is 0.397. The molecule has 0 saturated heterocycles. The zero-order valence-electron chi connectivity index (χ0n) is 14.5. The van der Waals surface area contributed by atoms with E-state index in [2.05, 4.69) is 20.0 Å². The highest BCUT2D eigenvalue weighted by molar-refractivity contribution is 5.67. The fourth-order valence-electron chi connectivity index (χ4n) is 2.19. The van der Waals surface area contributed by atoms with Crippen LogP contribution in [0.4, 0.5) is 4.79 Å². The van der Waals surface area contributed by atoms with Gasteiger partial charge in [0.15, 0.2) is 0 Å². The molecule has 1 amide bonds. The van der Waals surface area contributed by atoms with Crippen LogP contribution >= 0.6 is 0 Å². The Morgan fingerprint density at radius 3 is 2.70 bits per heavy atom. The molecule has 0 fully saturated rings. The van der Waals surface area contributed by atoms with E-state index < -0.39 is 11.7 Å². The number of imidazole rings is 1. The van der Waals surface area contributed by atoms with Crippen molar-refractivity contribution in [1.82, 2.24) is 24.6 Å². The van der Waals surface area contributed by atoms with Gasteiger partial charge in [-0.15, -0.1) is 0 Å². The number of aromatic nitrogens is 4. The van der Waals surface area contributed by atoms with Crippen LogP contribution in [0.3, 0.4) is 0 Å². The van der Waals surface area contributed by atoms with Crippen molar-refractivity contribution in [3.05, 3.63) is 35.7 Å². The molecule has 0 aliphatic rings. The molecule has 0 spiro atoms. The topological polar surface area (TPSA) is 74.0 Å². The summed E-state index contributed by atoms with van der Waals surface area (Å²) in [6.45, 7) is 8.81. The molecule has 0 unspecified atom stereocenters. The Balaban J connectivity index is 1.89. The quantitative estimate of drug-likeness (QED) is 0.915. The molecule has 2 heterocycles. The van der Waals surface area contributed by atoms with Gasteiger partial charge in [0, 0.05) is 43.2 Å². The number of hydrogen-bond acceptors (Lipinski definition) is 4. The number of aryl methyl sites for hydroxylation is 1. The van der Waals surface area contributed by atoms with E-state index in [1.165, 1.54) is 0 Å². The fraction of sp³-hybridized carbons (Fsp3) is 0.562. The molecule has 23 heavy (non-hydrogen) atoms. The highest BCUT2D eigenvalue weighted by Gasteiger charge is 2.15. The molecule has 1 N–H and O–H groups in total. The Bertz CT molecular complexity index is 666. The molecule has 0 saturated carbocycles. The first-order valence-electron chi connectivity index (χ1n) is 7.69. The van der Waals surface area contributed by atoms with Gasteiger partial charge in [0.05, 0.1) is 19.1 Å². The summed E-state index contributed by atoms with van der Waals surface area (Å²) >= 11 is 0. The number of amides is 1. The molecule has 0 radical (unpaired) electrons. The van der Waals surface area contributed by atoms with Crippen molar-refractivity contribution in [2.24, 2.45) is 7.05 Å². The second-order valence-electron chi connectivity index (χ2n) is 6.57. The lowest BCUT2D eigenvalue weighted by Crippen LogP contribution is -2.33. The molecular weight excluding hydrogens is 294 g/mol. The van der Waals surface area contributed by atoms with Gasteiger partial charge in [-0.25, -0.2) is 9.78 Å². The summed E-state index contributed by atoms with van der Waals surface area (Å²) in [6, 6.07) is 0. The average molecular weight is 319 g/mol. The number of carbonyl (C=O) groups excluding carboxylic acids is 1. The van der Waals surface area contributed by atoms with Gasteiger partial charge in [-0.05, 0) is 27.7 Å². The van der Waals surface area contributed by atoms with Gasteiger partial charge in [-0.3, -0.25) is 4.68 Å². The number of rotatable bonds is 5. The highest BCUT2D eigenvalue weighted by Crippen LogP contribution is 2.11. The van der Waals surface area contributed by atoms with Gasteiger partial charge < -0.3 is 14.6 Å². The van der Waals surface area contributed by atoms with Crippen LogP contribution in [0.2, 0.25) is 0 Å². The van der Waals surface area contributed by atoms with Crippen LogP contribution < -0.4 is 5.32 Å². The standard InChI is InChI=1S/C16H25N5O2/c1-12-13(8-19-20(12)5)10-21-11-17-9-14(21)6-7-18-15(22)23-16(2,3)4/h8-9,11H,6-7,10H2,1-5H3,(H,18,22). The predicted molar refractivity (Wildman–Crippen MR) is 87.2 cm³/mol. The Morgan fingerprint density at radius 2 is 2.09 bits per heavy atom. The molecule has 0 aliphatic heterocycles. The lowest BCUT2D eigenvalue weighted by molar-refractivity contribution is 0.0528. The largest absolute Gasteiger partial charge is 0.444 e. The van der Waals surface area contributed by atoms with Crippen molar-refractivity contribution in [3.63, 3.8) is 0 Å². The maximum atomic E-state index is 11.6. The summed E-state index contributed by atoms with van der Waals surface area (Å²) in [5, 5.41) is 7.02. The molecule has 7 heteroatoms. The maximum absolute atomic E-state index is 11.6. The second kappa shape index (κ2) is 6.85. The summed E-state index contributed by atoms with van der Waals surface area (Å²) in [4.78, 5) is 15.8. The van der Waals surface area contributed by atoms with Gasteiger partial charge in [0.25, 0.3) is 0 Å². The van der Waals surface area contributed by atoms with E-state index in [0.29, 0.717) is 13.0 Å². The highest BCUT2D eigenvalue weighted by atomic mass is 16.6. The molecule has 0 aliphatic carbocycles. The van der Waals surface area contributed by atoms with Crippen LogP contribution in [-0.2, 0) is 24.8 Å². The Hall–Kier alpha value is -2.31. The number of carbonyl (C=O) groups is 1. The van der Waals surface area contributed by atoms with Crippen molar-refractivity contribution < 1.29 is 9.53 Å². The van der Waals surface area contributed by atoms with Crippen molar-refractivity contribution in [2.45, 2.75) is 46.3 Å². The van der Waals surface area contributed by atoms with Gasteiger partial charge in [-0.1, -0.05) is 0 Å². The van der Waals surface area contributed by atoms with Crippen LogP contribution in [0, 0.1) is 6.92 Å². The van der Waals surface area contributed by atoms with E-state index in [-0.39, 0.29) is 0 Å². The molecule has 7 nitrogen and oxygen atoms in total. The van der Waals surface area contributed by atoms with E-state index in [0.717, 1.165) is 23.5 Å². The molecule has 2 aromatic heterocycles. The lowest BCUT2D eigenvalue weighted by atomic mass is 10.2. The average Bonchev–Trinajstić information content (AvgIpc) is 2.99. The molecule has 2 rings (SSSR count). The van der Waals surface area contributed by atoms with Crippen molar-refractivity contribution >= 4 is 6.09 Å². The van der Waals surface area contributed by atoms with Crippen LogP contribution in [-0.4, -0.2) is 37.6 Å². The number of hydrogen-bond donors (Lipinski definition) is 1. The van der Waals surface area contributed by atoms with E-state index in [4.69, 9.17) is 4.74 Å². The molecule has 0 atom stereocenters. The minimum Gasteiger partial charge on any atom is -0.444 e. The first kappa shape index (κ1) is 17.1. The fourth-order valence-corrected chi connectivity index (χ4v) is 2.19. The number of nitrogens with zero attached hydrogens (tertiary/aromatic N) is 4. The molecule has 0 bridgehead atoms. The summed E-state index contributed by atoms with van der Waals surface area (Å²) < 4.78 is 9.15. The van der Waals surface area contributed by atoms with Gasteiger partial charge in [-0.2, -0.15) is 5.10 Å². The van der Waals surface area contributed by atoms with Crippen molar-refractivity contribution in [2.75, 3.05) is 6.54 Å². The van der Waals surface area contributed by atoms with Crippen LogP contribution in [0.1, 0.15) is 37.7 Å². The van der Waals surface area contributed by atoms with Crippen LogP contribution in [0.5, 0.6) is 0 Å². The third kappa shape index (κ3) is 4.84. The monoisotopic (exact) mass is 319 g/mol. The molecular formula is C16H25N5O2. The normalized spacial score (nSPS) is 11.5.